The minimum atomic E-state index is -0.254. The fourth-order valence-electron chi connectivity index (χ4n) is 2.08. The first-order valence-electron chi connectivity index (χ1n) is 6.80. The fraction of sp³-hybridized carbons (Fsp3) is 0.357. The molecule has 0 saturated carbocycles. The van der Waals surface area contributed by atoms with E-state index in [2.05, 4.69) is 20.5 Å². The fourth-order valence-corrected chi connectivity index (χ4v) is 2.08. The number of carbonyl (C=O) groups excluding carboxylic acids is 1. The van der Waals surface area contributed by atoms with Gasteiger partial charge >= 0.3 is 0 Å². The molecule has 1 aromatic carbocycles. The summed E-state index contributed by atoms with van der Waals surface area (Å²) in [5.74, 6) is 1.69. The molecule has 0 fully saturated rings. The summed E-state index contributed by atoms with van der Waals surface area (Å²) >= 11 is 0. The predicted molar refractivity (Wildman–Crippen MR) is 74.3 cm³/mol. The van der Waals surface area contributed by atoms with Gasteiger partial charge in [-0.3, -0.25) is 9.89 Å². The van der Waals surface area contributed by atoms with Crippen molar-refractivity contribution in [3.05, 3.63) is 35.9 Å². The summed E-state index contributed by atoms with van der Waals surface area (Å²) in [5, 5.41) is 9.35. The normalized spacial score (nSPS) is 15.1. The van der Waals surface area contributed by atoms with Crippen LogP contribution in [0.25, 0.3) is 0 Å². The van der Waals surface area contributed by atoms with E-state index in [1.54, 1.807) is 18.2 Å². The minimum Gasteiger partial charge on any atom is -0.490 e. The van der Waals surface area contributed by atoms with Crippen LogP contribution >= 0.6 is 0 Å². The molecule has 1 unspecified atom stereocenters. The predicted octanol–water partition coefficient (Wildman–Crippen LogP) is 1.46. The highest BCUT2D eigenvalue weighted by molar-refractivity contribution is 5.95. The van der Waals surface area contributed by atoms with Crippen molar-refractivity contribution in [3.63, 3.8) is 0 Å². The number of nitrogens with zero attached hydrogens (tertiary/aromatic N) is 2. The van der Waals surface area contributed by atoms with Gasteiger partial charge in [0.25, 0.3) is 5.91 Å². The van der Waals surface area contributed by atoms with Gasteiger partial charge in [-0.25, -0.2) is 4.98 Å². The Kier molecular flexibility index (Phi) is 3.72. The summed E-state index contributed by atoms with van der Waals surface area (Å²) in [6.45, 7) is 3.05. The van der Waals surface area contributed by atoms with Crippen molar-refractivity contribution in [2.45, 2.75) is 19.4 Å². The molecule has 110 valence electrons. The molecule has 2 aromatic rings. The summed E-state index contributed by atoms with van der Waals surface area (Å²) in [6.07, 6.45) is 2.24. The van der Waals surface area contributed by atoms with Crippen molar-refractivity contribution in [3.8, 4) is 11.5 Å². The Hall–Kier alpha value is -2.57. The lowest BCUT2D eigenvalue weighted by atomic mass is 10.1. The van der Waals surface area contributed by atoms with Gasteiger partial charge in [0.05, 0.1) is 19.3 Å². The number of hydrogen-bond donors (Lipinski definition) is 2. The summed E-state index contributed by atoms with van der Waals surface area (Å²) in [4.78, 5) is 16.3. The second kappa shape index (κ2) is 5.82. The highest BCUT2D eigenvalue weighted by atomic mass is 16.5. The average molecular weight is 288 g/mol. The molecule has 0 saturated heterocycles. The van der Waals surface area contributed by atoms with E-state index in [0.29, 0.717) is 36.1 Å². The van der Waals surface area contributed by atoms with Crippen molar-refractivity contribution in [1.29, 1.82) is 0 Å². The molecule has 2 N–H and O–H groups in total. The van der Waals surface area contributed by atoms with E-state index in [9.17, 15) is 4.79 Å². The zero-order valence-electron chi connectivity index (χ0n) is 11.6. The van der Waals surface area contributed by atoms with Crippen LogP contribution in [-0.2, 0) is 0 Å². The Balaban J connectivity index is 1.74. The molecule has 0 radical (unpaired) electrons. The third kappa shape index (κ3) is 2.96. The molecule has 7 nitrogen and oxygen atoms in total. The van der Waals surface area contributed by atoms with E-state index in [4.69, 9.17) is 9.47 Å². The Labute approximate surface area is 121 Å². The van der Waals surface area contributed by atoms with E-state index in [1.165, 1.54) is 6.33 Å². The summed E-state index contributed by atoms with van der Waals surface area (Å²) in [7, 11) is 0. The van der Waals surface area contributed by atoms with Crippen LogP contribution < -0.4 is 14.8 Å². The average Bonchev–Trinajstić information content (AvgIpc) is 2.92. The Morgan fingerprint density at radius 1 is 1.33 bits per heavy atom. The molecule has 0 bridgehead atoms. The van der Waals surface area contributed by atoms with Gasteiger partial charge < -0.3 is 14.8 Å². The molecule has 0 spiro atoms. The number of H-pyrrole nitrogens is 1. The summed E-state index contributed by atoms with van der Waals surface area (Å²) < 4.78 is 11.1. The van der Waals surface area contributed by atoms with Crippen LogP contribution in [0.1, 0.15) is 35.6 Å². The van der Waals surface area contributed by atoms with Crippen molar-refractivity contribution < 1.29 is 14.3 Å². The van der Waals surface area contributed by atoms with Gasteiger partial charge in [0, 0.05) is 12.0 Å². The molecule has 1 atom stereocenters. The molecule has 7 heteroatoms. The molecule has 1 aromatic heterocycles. The molecular weight excluding hydrogens is 272 g/mol. The van der Waals surface area contributed by atoms with Crippen molar-refractivity contribution in [1.82, 2.24) is 20.5 Å². The SMILES string of the molecule is CC(NC(=O)c1ccc2c(c1)OCCCO2)c1ncn[nH]1. The Morgan fingerprint density at radius 2 is 2.14 bits per heavy atom. The number of rotatable bonds is 3. The largest absolute Gasteiger partial charge is 0.490 e. The highest BCUT2D eigenvalue weighted by Gasteiger charge is 2.17. The first kappa shape index (κ1) is 13.4. The molecule has 0 aliphatic carbocycles. The number of aromatic amines is 1. The van der Waals surface area contributed by atoms with Crippen LogP contribution in [0.4, 0.5) is 0 Å². The number of aromatic nitrogens is 3. The quantitative estimate of drug-likeness (QED) is 0.892. The number of benzene rings is 1. The topological polar surface area (TPSA) is 89.1 Å². The van der Waals surface area contributed by atoms with E-state index in [0.717, 1.165) is 6.42 Å². The molecule has 1 aliphatic rings. The standard InChI is InChI=1S/C14H16N4O3/c1-9(13-15-8-16-18-13)17-14(19)10-3-4-11-12(7-10)21-6-2-5-20-11/h3-4,7-9H,2,5-6H2,1H3,(H,17,19)(H,15,16,18). The molecule has 2 heterocycles. The minimum absolute atomic E-state index is 0.199. The smallest absolute Gasteiger partial charge is 0.252 e. The van der Waals surface area contributed by atoms with E-state index >= 15 is 0 Å². The lowest BCUT2D eigenvalue weighted by molar-refractivity contribution is 0.0938. The zero-order chi connectivity index (χ0) is 14.7. The monoisotopic (exact) mass is 288 g/mol. The molecule has 1 amide bonds. The van der Waals surface area contributed by atoms with Crippen molar-refractivity contribution in [2.24, 2.45) is 0 Å². The van der Waals surface area contributed by atoms with Crippen molar-refractivity contribution in [2.75, 3.05) is 13.2 Å². The van der Waals surface area contributed by atoms with Crippen LogP contribution in [0, 0.1) is 0 Å². The van der Waals surface area contributed by atoms with Crippen LogP contribution in [0.15, 0.2) is 24.5 Å². The van der Waals surface area contributed by atoms with Crippen LogP contribution in [-0.4, -0.2) is 34.3 Å². The molecule has 21 heavy (non-hydrogen) atoms. The van der Waals surface area contributed by atoms with Crippen LogP contribution in [0.2, 0.25) is 0 Å². The second-order valence-electron chi connectivity index (χ2n) is 4.78. The van der Waals surface area contributed by atoms with E-state index in [1.807, 2.05) is 6.92 Å². The maximum Gasteiger partial charge on any atom is 0.252 e. The van der Waals surface area contributed by atoms with Gasteiger partial charge in [-0.15, -0.1) is 0 Å². The van der Waals surface area contributed by atoms with Gasteiger partial charge in [-0.05, 0) is 25.1 Å². The molecule has 3 rings (SSSR count). The number of ether oxygens (including phenoxy) is 2. The van der Waals surface area contributed by atoms with Crippen LogP contribution in [0.3, 0.4) is 0 Å². The molecule has 1 aliphatic heterocycles. The molecular formula is C14H16N4O3. The number of fused-ring (bicyclic) bond motifs is 1. The first-order valence-corrected chi connectivity index (χ1v) is 6.80. The third-order valence-electron chi connectivity index (χ3n) is 3.20. The van der Waals surface area contributed by atoms with Gasteiger partial charge in [0.1, 0.15) is 12.2 Å². The van der Waals surface area contributed by atoms with Gasteiger partial charge in [-0.1, -0.05) is 0 Å². The summed E-state index contributed by atoms with van der Waals surface area (Å²) in [6, 6.07) is 4.92. The first-order chi connectivity index (χ1) is 10.2. The number of hydrogen-bond acceptors (Lipinski definition) is 5. The van der Waals surface area contributed by atoms with E-state index < -0.39 is 0 Å². The maximum absolute atomic E-state index is 12.3. The maximum atomic E-state index is 12.3. The number of carbonyl (C=O) groups is 1. The van der Waals surface area contributed by atoms with Gasteiger partial charge in [0.15, 0.2) is 11.5 Å². The second-order valence-corrected chi connectivity index (χ2v) is 4.78. The Morgan fingerprint density at radius 3 is 2.90 bits per heavy atom. The summed E-state index contributed by atoms with van der Waals surface area (Å²) in [5.41, 5.74) is 0.519. The van der Waals surface area contributed by atoms with Crippen LogP contribution in [0.5, 0.6) is 11.5 Å². The number of amides is 1. The highest BCUT2D eigenvalue weighted by Crippen LogP contribution is 2.30. The van der Waals surface area contributed by atoms with E-state index in [-0.39, 0.29) is 11.9 Å². The lowest BCUT2D eigenvalue weighted by Gasteiger charge is -2.12. The number of nitrogens with one attached hydrogen (secondary N) is 2. The van der Waals surface area contributed by atoms with Gasteiger partial charge in [0.2, 0.25) is 0 Å². The van der Waals surface area contributed by atoms with Crippen molar-refractivity contribution >= 4 is 5.91 Å². The lowest BCUT2D eigenvalue weighted by Crippen LogP contribution is -2.27. The Bertz CT molecular complexity index is 627. The zero-order valence-corrected chi connectivity index (χ0v) is 11.6. The third-order valence-corrected chi connectivity index (χ3v) is 3.20. The van der Waals surface area contributed by atoms with Gasteiger partial charge in [-0.2, -0.15) is 5.10 Å².